The van der Waals surface area contributed by atoms with Crippen molar-refractivity contribution < 1.29 is 17.8 Å². The molecule has 0 radical (unpaired) electrons. The van der Waals surface area contributed by atoms with E-state index in [9.17, 15) is 17.8 Å². The normalized spacial score (nSPS) is 23.6. The van der Waals surface area contributed by atoms with Gasteiger partial charge in [0.1, 0.15) is 17.7 Å². The van der Waals surface area contributed by atoms with E-state index < -0.39 is 28.9 Å². The molecule has 0 aromatic heterocycles. The van der Waals surface area contributed by atoms with Crippen LogP contribution in [0.1, 0.15) is 18.0 Å². The minimum absolute atomic E-state index is 0.103. The Balaban J connectivity index is 1.77. The molecule has 0 aliphatic carbocycles. The van der Waals surface area contributed by atoms with Crippen LogP contribution in [0.4, 0.5) is 14.5 Å². The summed E-state index contributed by atoms with van der Waals surface area (Å²) in [6.45, 7) is 0. The molecular weight excluding hydrogens is 384 g/mol. The van der Waals surface area contributed by atoms with Gasteiger partial charge in [0, 0.05) is 18.8 Å². The number of carbonyl (C=O) groups is 1. The van der Waals surface area contributed by atoms with Gasteiger partial charge in [-0.05, 0) is 42.3 Å². The number of amides is 1. The largest absolute Gasteiger partial charge is 0.325 e. The zero-order chi connectivity index (χ0) is 18.8. The number of hydrogen-bond acceptors (Lipinski definition) is 2. The van der Waals surface area contributed by atoms with Crippen LogP contribution in [0, 0.1) is 11.6 Å². The van der Waals surface area contributed by atoms with Crippen LogP contribution in [-0.4, -0.2) is 27.5 Å². The van der Waals surface area contributed by atoms with Crippen molar-refractivity contribution in [2.45, 2.75) is 18.5 Å². The van der Waals surface area contributed by atoms with Crippen molar-refractivity contribution in [2.75, 3.05) is 12.4 Å². The van der Waals surface area contributed by atoms with E-state index in [2.05, 4.69) is 10.0 Å². The average Bonchev–Trinajstić information content (AvgIpc) is 2.61. The van der Waals surface area contributed by atoms with Crippen molar-refractivity contribution in [1.29, 1.82) is 0 Å². The number of rotatable bonds is 3. The first-order valence-corrected chi connectivity index (χ1v) is 9.26. The van der Waals surface area contributed by atoms with Crippen LogP contribution in [0.25, 0.3) is 0 Å². The number of halogens is 3. The third-order valence-electron chi connectivity index (χ3n) is 4.16. The highest BCUT2D eigenvalue weighted by molar-refractivity contribution is 7.80. The molecule has 1 heterocycles. The standard InChI is InChI=1S/C17H16ClF2N3O2S/c1-23-16(17(24)21-12-6-7-14(20)13(18)8-12)9-15(22-26(23)25)10-2-4-11(19)5-3-10/h2-8,15-16,22H,9H2,1H3,(H,21,24). The number of nitrogens with zero attached hydrogens (tertiary/aromatic N) is 1. The summed E-state index contributed by atoms with van der Waals surface area (Å²) in [5.41, 5.74) is 1.08. The lowest BCUT2D eigenvalue weighted by Crippen LogP contribution is -2.53. The number of hydrogen-bond donors (Lipinski definition) is 2. The van der Waals surface area contributed by atoms with Gasteiger partial charge in [0.25, 0.3) is 0 Å². The number of anilines is 1. The summed E-state index contributed by atoms with van der Waals surface area (Å²) in [5.74, 6) is -1.34. The lowest BCUT2D eigenvalue weighted by Gasteiger charge is -2.35. The molecule has 2 N–H and O–H groups in total. The predicted octanol–water partition coefficient (Wildman–Crippen LogP) is 3.17. The van der Waals surface area contributed by atoms with E-state index in [1.54, 1.807) is 19.2 Å². The van der Waals surface area contributed by atoms with Crippen molar-refractivity contribution in [3.63, 3.8) is 0 Å². The van der Waals surface area contributed by atoms with Crippen molar-refractivity contribution in [1.82, 2.24) is 9.03 Å². The second-order valence-corrected chi connectivity index (χ2v) is 7.60. The molecule has 2 aromatic rings. The summed E-state index contributed by atoms with van der Waals surface area (Å²) in [5, 5.41) is 2.56. The molecule has 1 aliphatic heterocycles. The van der Waals surface area contributed by atoms with Crippen LogP contribution in [0.2, 0.25) is 5.02 Å². The van der Waals surface area contributed by atoms with E-state index in [0.29, 0.717) is 12.1 Å². The molecular formula is C17H16ClF2N3O2S. The van der Waals surface area contributed by atoms with Gasteiger partial charge >= 0.3 is 0 Å². The van der Waals surface area contributed by atoms with Gasteiger partial charge in [0.15, 0.2) is 11.2 Å². The smallest absolute Gasteiger partial charge is 0.242 e. The van der Waals surface area contributed by atoms with Crippen LogP contribution < -0.4 is 10.0 Å². The van der Waals surface area contributed by atoms with Crippen LogP contribution >= 0.6 is 11.6 Å². The number of nitrogens with one attached hydrogen (secondary N) is 2. The summed E-state index contributed by atoms with van der Waals surface area (Å²) in [4.78, 5) is 12.6. The molecule has 3 rings (SSSR count). The Bertz CT molecular complexity index is 850. The molecule has 1 fully saturated rings. The molecule has 1 saturated heterocycles. The van der Waals surface area contributed by atoms with Crippen molar-refractivity contribution in [3.8, 4) is 0 Å². The Morgan fingerprint density at radius 1 is 1.27 bits per heavy atom. The number of likely N-dealkylation sites (N-methyl/N-ethyl adjacent to an activating group) is 1. The molecule has 5 nitrogen and oxygen atoms in total. The van der Waals surface area contributed by atoms with Gasteiger partial charge in [-0.15, -0.1) is 0 Å². The van der Waals surface area contributed by atoms with E-state index in [1.165, 1.54) is 28.6 Å². The molecule has 2 aromatic carbocycles. The fraction of sp³-hybridized carbons (Fsp3) is 0.235. The fourth-order valence-corrected chi connectivity index (χ4v) is 3.95. The molecule has 138 valence electrons. The number of benzene rings is 2. The van der Waals surface area contributed by atoms with Crippen LogP contribution in [0.3, 0.4) is 0 Å². The molecule has 0 bridgehead atoms. The summed E-state index contributed by atoms with van der Waals surface area (Å²) >= 11 is 4.13. The maximum absolute atomic E-state index is 13.2. The Kier molecular flexibility index (Phi) is 5.67. The average molecular weight is 400 g/mol. The second kappa shape index (κ2) is 7.79. The zero-order valence-corrected chi connectivity index (χ0v) is 15.3. The maximum Gasteiger partial charge on any atom is 0.242 e. The summed E-state index contributed by atoms with van der Waals surface area (Å²) < 4.78 is 43.0. The zero-order valence-electron chi connectivity index (χ0n) is 13.7. The van der Waals surface area contributed by atoms with E-state index in [1.807, 2.05) is 0 Å². The molecule has 0 saturated carbocycles. The van der Waals surface area contributed by atoms with Gasteiger partial charge in [-0.2, -0.15) is 0 Å². The monoisotopic (exact) mass is 399 g/mol. The lowest BCUT2D eigenvalue weighted by molar-refractivity contribution is -0.120. The van der Waals surface area contributed by atoms with Gasteiger partial charge in [0.2, 0.25) is 5.91 Å². The Morgan fingerprint density at radius 2 is 1.96 bits per heavy atom. The predicted molar refractivity (Wildman–Crippen MR) is 96.6 cm³/mol. The van der Waals surface area contributed by atoms with E-state index >= 15 is 0 Å². The molecule has 1 aliphatic rings. The highest BCUT2D eigenvalue weighted by atomic mass is 35.5. The summed E-state index contributed by atoms with van der Waals surface area (Å²) in [7, 11) is 1.56. The first-order chi connectivity index (χ1) is 12.3. The van der Waals surface area contributed by atoms with Gasteiger partial charge < -0.3 is 5.32 Å². The van der Waals surface area contributed by atoms with Gasteiger partial charge in [-0.25, -0.2) is 22.0 Å². The van der Waals surface area contributed by atoms with E-state index in [4.69, 9.17) is 11.6 Å². The highest BCUT2D eigenvalue weighted by Crippen LogP contribution is 2.27. The van der Waals surface area contributed by atoms with Gasteiger partial charge in [-0.1, -0.05) is 23.7 Å². The minimum atomic E-state index is -1.59. The van der Waals surface area contributed by atoms with Crippen LogP contribution in [-0.2, 0) is 16.0 Å². The van der Waals surface area contributed by atoms with Crippen molar-refractivity contribution in [2.24, 2.45) is 0 Å². The first kappa shape index (κ1) is 18.9. The molecule has 1 amide bonds. The van der Waals surface area contributed by atoms with Gasteiger partial charge in [0.05, 0.1) is 5.02 Å². The summed E-state index contributed by atoms with van der Waals surface area (Å²) in [6, 6.07) is 8.59. The third kappa shape index (κ3) is 4.09. The second-order valence-electron chi connectivity index (χ2n) is 5.89. The maximum atomic E-state index is 13.2. The number of carbonyl (C=O) groups excluding carboxylic acids is 1. The van der Waals surface area contributed by atoms with E-state index in [-0.39, 0.29) is 16.9 Å². The molecule has 9 heteroatoms. The fourth-order valence-electron chi connectivity index (χ4n) is 2.71. The quantitative estimate of drug-likeness (QED) is 0.832. The molecule has 26 heavy (non-hydrogen) atoms. The molecule has 3 unspecified atom stereocenters. The Morgan fingerprint density at radius 3 is 2.62 bits per heavy atom. The topological polar surface area (TPSA) is 61.4 Å². The van der Waals surface area contributed by atoms with Gasteiger partial charge in [-0.3, -0.25) is 4.79 Å². The molecule has 3 atom stereocenters. The highest BCUT2D eigenvalue weighted by Gasteiger charge is 2.36. The summed E-state index contributed by atoms with van der Waals surface area (Å²) in [6.07, 6.45) is 0.328. The van der Waals surface area contributed by atoms with Crippen LogP contribution in [0.15, 0.2) is 42.5 Å². The van der Waals surface area contributed by atoms with E-state index in [0.717, 1.165) is 11.6 Å². The minimum Gasteiger partial charge on any atom is -0.325 e. The lowest BCUT2D eigenvalue weighted by atomic mass is 9.99. The Labute approximate surface area is 157 Å². The van der Waals surface area contributed by atoms with Crippen LogP contribution in [0.5, 0.6) is 0 Å². The van der Waals surface area contributed by atoms with Crippen molar-refractivity contribution in [3.05, 3.63) is 64.7 Å². The Hall–Kier alpha value is -1.87. The molecule has 0 spiro atoms. The SMILES string of the molecule is CN1C(C(=O)Nc2ccc(F)c(Cl)c2)CC(c2ccc(F)cc2)NS1=O. The third-order valence-corrected chi connectivity index (χ3v) is 5.72. The van der Waals surface area contributed by atoms with Crippen molar-refractivity contribution >= 4 is 34.4 Å². The first-order valence-electron chi connectivity index (χ1n) is 7.77.